The smallest absolute Gasteiger partial charge is 0.416 e. The van der Waals surface area contributed by atoms with Gasteiger partial charge in [-0.05, 0) is 19.1 Å². The number of rotatable bonds is 3. The largest absolute Gasteiger partial charge is 0.462 e. The van der Waals surface area contributed by atoms with Crippen LogP contribution in [0.25, 0.3) is 11.3 Å². The molecule has 7 heteroatoms. The topological polar surface area (TPSA) is 44.1 Å². The zero-order chi connectivity index (χ0) is 15.6. The van der Waals surface area contributed by atoms with E-state index in [1.54, 1.807) is 14.0 Å². The molecule has 0 bridgehead atoms. The van der Waals surface area contributed by atoms with Gasteiger partial charge in [-0.1, -0.05) is 12.1 Å². The summed E-state index contributed by atoms with van der Waals surface area (Å²) < 4.78 is 44.5. The van der Waals surface area contributed by atoms with Crippen LogP contribution in [0.5, 0.6) is 0 Å². The van der Waals surface area contributed by atoms with Gasteiger partial charge in [-0.25, -0.2) is 4.79 Å². The highest BCUT2D eigenvalue weighted by Gasteiger charge is 2.31. The predicted molar refractivity (Wildman–Crippen MR) is 69.6 cm³/mol. The molecule has 0 aliphatic carbocycles. The summed E-state index contributed by atoms with van der Waals surface area (Å²) in [5.74, 6) is -0.613. The Kier molecular flexibility index (Phi) is 4.02. The van der Waals surface area contributed by atoms with Gasteiger partial charge in [0.2, 0.25) is 0 Å². The number of benzene rings is 1. The number of hydrogen-bond acceptors (Lipinski definition) is 3. The van der Waals surface area contributed by atoms with Crippen LogP contribution in [-0.2, 0) is 18.0 Å². The molecule has 0 saturated heterocycles. The maximum atomic E-state index is 12.8. The van der Waals surface area contributed by atoms with Crippen LogP contribution >= 0.6 is 0 Å². The number of alkyl halides is 3. The van der Waals surface area contributed by atoms with Crippen LogP contribution < -0.4 is 0 Å². The molecule has 1 aromatic heterocycles. The van der Waals surface area contributed by atoms with E-state index >= 15 is 0 Å². The van der Waals surface area contributed by atoms with Crippen LogP contribution in [0.4, 0.5) is 13.2 Å². The van der Waals surface area contributed by atoms with Gasteiger partial charge >= 0.3 is 12.1 Å². The first-order chi connectivity index (χ1) is 9.82. The molecule has 21 heavy (non-hydrogen) atoms. The van der Waals surface area contributed by atoms with E-state index < -0.39 is 17.7 Å². The van der Waals surface area contributed by atoms with E-state index in [1.165, 1.54) is 23.0 Å². The number of ether oxygens (including phenoxy) is 1. The van der Waals surface area contributed by atoms with Crippen molar-refractivity contribution in [2.75, 3.05) is 6.61 Å². The molecule has 0 spiro atoms. The fourth-order valence-corrected chi connectivity index (χ4v) is 1.90. The van der Waals surface area contributed by atoms with Crippen molar-refractivity contribution in [1.29, 1.82) is 0 Å². The van der Waals surface area contributed by atoms with Crippen molar-refractivity contribution in [1.82, 2.24) is 9.78 Å². The summed E-state index contributed by atoms with van der Waals surface area (Å²) in [5, 5.41) is 4.06. The summed E-state index contributed by atoms with van der Waals surface area (Å²) in [4.78, 5) is 11.8. The van der Waals surface area contributed by atoms with Gasteiger partial charge in [0.05, 0.1) is 12.2 Å². The molecule has 0 fully saturated rings. The average molecular weight is 298 g/mol. The Morgan fingerprint density at radius 3 is 2.71 bits per heavy atom. The van der Waals surface area contributed by atoms with Crippen molar-refractivity contribution in [2.45, 2.75) is 13.1 Å². The number of hydrogen-bond donors (Lipinski definition) is 0. The molecule has 4 nitrogen and oxygen atoms in total. The first-order valence-corrected chi connectivity index (χ1v) is 6.21. The highest BCUT2D eigenvalue weighted by atomic mass is 19.4. The number of aryl methyl sites for hydroxylation is 1. The summed E-state index contributed by atoms with van der Waals surface area (Å²) in [7, 11) is 1.58. The zero-order valence-electron chi connectivity index (χ0n) is 11.4. The Morgan fingerprint density at radius 2 is 2.10 bits per heavy atom. The number of halogens is 3. The first kappa shape index (κ1) is 15.1. The van der Waals surface area contributed by atoms with Gasteiger partial charge in [0.25, 0.3) is 0 Å². The van der Waals surface area contributed by atoms with Gasteiger partial charge in [0.1, 0.15) is 11.3 Å². The second-order valence-corrected chi connectivity index (χ2v) is 4.36. The third-order valence-electron chi connectivity index (χ3n) is 2.79. The molecule has 2 rings (SSSR count). The lowest BCUT2D eigenvalue weighted by atomic mass is 10.0. The summed E-state index contributed by atoms with van der Waals surface area (Å²) in [6.45, 7) is 1.83. The second-order valence-electron chi connectivity index (χ2n) is 4.36. The Bertz CT molecular complexity index is 662. The number of esters is 1. The summed E-state index contributed by atoms with van der Waals surface area (Å²) >= 11 is 0. The van der Waals surface area contributed by atoms with Gasteiger partial charge in [-0.3, -0.25) is 4.68 Å². The van der Waals surface area contributed by atoms with E-state index in [4.69, 9.17) is 4.74 Å². The van der Waals surface area contributed by atoms with E-state index in [1.807, 2.05) is 0 Å². The highest BCUT2D eigenvalue weighted by molar-refractivity contribution is 5.96. The fourth-order valence-electron chi connectivity index (χ4n) is 1.90. The van der Waals surface area contributed by atoms with Crippen LogP contribution in [-0.4, -0.2) is 22.4 Å². The number of carbonyl (C=O) groups is 1. The lowest BCUT2D eigenvalue weighted by molar-refractivity contribution is -0.137. The van der Waals surface area contributed by atoms with Gasteiger partial charge in [-0.2, -0.15) is 18.3 Å². The van der Waals surface area contributed by atoms with E-state index in [-0.39, 0.29) is 23.4 Å². The lowest BCUT2D eigenvalue weighted by Gasteiger charge is -2.08. The van der Waals surface area contributed by atoms with Crippen LogP contribution in [0.15, 0.2) is 30.5 Å². The molecule has 0 saturated carbocycles. The standard InChI is InChI=1S/C14H13F3N2O2/c1-3-21-13(20)11-8-19(2)18-12(11)9-5-4-6-10(7-9)14(15,16)17/h4-8H,3H2,1-2H3. The van der Waals surface area contributed by atoms with Crippen molar-refractivity contribution in [3.8, 4) is 11.3 Å². The molecule has 1 heterocycles. The Morgan fingerprint density at radius 1 is 1.38 bits per heavy atom. The second kappa shape index (κ2) is 5.59. The Hall–Kier alpha value is -2.31. The molecule has 0 atom stereocenters. The Labute approximate surface area is 119 Å². The van der Waals surface area contributed by atoms with E-state index in [0.29, 0.717) is 0 Å². The van der Waals surface area contributed by atoms with Gasteiger partial charge in [-0.15, -0.1) is 0 Å². The molecule has 2 aromatic rings. The average Bonchev–Trinajstić information content (AvgIpc) is 2.80. The molecule has 0 aliphatic heterocycles. The molecule has 0 aliphatic rings. The van der Waals surface area contributed by atoms with Crippen molar-refractivity contribution >= 4 is 5.97 Å². The summed E-state index contributed by atoms with van der Waals surface area (Å²) in [5.41, 5.74) is -0.269. The van der Waals surface area contributed by atoms with Gasteiger partial charge < -0.3 is 4.74 Å². The normalized spacial score (nSPS) is 11.5. The molecule has 0 amide bonds. The molecule has 1 aromatic carbocycles. The quantitative estimate of drug-likeness (QED) is 0.817. The minimum Gasteiger partial charge on any atom is -0.462 e. The zero-order valence-corrected chi connectivity index (χ0v) is 11.4. The number of nitrogens with zero attached hydrogens (tertiary/aromatic N) is 2. The van der Waals surface area contributed by atoms with Crippen molar-refractivity contribution < 1.29 is 22.7 Å². The minimum absolute atomic E-state index is 0.138. The number of carbonyl (C=O) groups excluding carboxylic acids is 1. The number of aromatic nitrogens is 2. The molecular formula is C14H13F3N2O2. The maximum Gasteiger partial charge on any atom is 0.416 e. The molecular weight excluding hydrogens is 285 g/mol. The minimum atomic E-state index is -4.45. The summed E-state index contributed by atoms with van der Waals surface area (Å²) in [6, 6.07) is 4.68. The molecule has 0 radical (unpaired) electrons. The van der Waals surface area contributed by atoms with Crippen LogP contribution in [0.3, 0.4) is 0 Å². The van der Waals surface area contributed by atoms with Crippen molar-refractivity contribution in [2.24, 2.45) is 7.05 Å². The van der Waals surface area contributed by atoms with E-state index in [0.717, 1.165) is 12.1 Å². The predicted octanol–water partition coefficient (Wildman–Crippen LogP) is 3.28. The summed E-state index contributed by atoms with van der Waals surface area (Å²) in [6.07, 6.45) is -3.03. The SMILES string of the molecule is CCOC(=O)c1cn(C)nc1-c1cccc(C(F)(F)F)c1. The van der Waals surface area contributed by atoms with Gasteiger partial charge in [0.15, 0.2) is 0 Å². The lowest BCUT2D eigenvalue weighted by Crippen LogP contribution is -2.06. The monoisotopic (exact) mass is 298 g/mol. The first-order valence-electron chi connectivity index (χ1n) is 6.21. The molecule has 0 unspecified atom stereocenters. The third kappa shape index (κ3) is 3.24. The van der Waals surface area contributed by atoms with Crippen LogP contribution in [0, 0.1) is 0 Å². The van der Waals surface area contributed by atoms with E-state index in [2.05, 4.69) is 5.10 Å². The fraction of sp³-hybridized carbons (Fsp3) is 0.286. The van der Waals surface area contributed by atoms with Crippen molar-refractivity contribution in [3.05, 3.63) is 41.6 Å². The van der Waals surface area contributed by atoms with Crippen LogP contribution in [0.2, 0.25) is 0 Å². The van der Waals surface area contributed by atoms with Gasteiger partial charge in [0, 0.05) is 18.8 Å². The third-order valence-corrected chi connectivity index (χ3v) is 2.79. The van der Waals surface area contributed by atoms with Crippen molar-refractivity contribution in [3.63, 3.8) is 0 Å². The molecule has 0 N–H and O–H groups in total. The highest BCUT2D eigenvalue weighted by Crippen LogP contribution is 2.32. The van der Waals surface area contributed by atoms with E-state index in [9.17, 15) is 18.0 Å². The van der Waals surface area contributed by atoms with Crippen LogP contribution in [0.1, 0.15) is 22.8 Å². The maximum absolute atomic E-state index is 12.8. The molecule has 112 valence electrons. The Balaban J connectivity index is 2.50.